The molecule has 0 amide bonds. The van der Waals surface area contributed by atoms with Gasteiger partial charge in [-0.3, -0.25) is 5.43 Å². The van der Waals surface area contributed by atoms with Crippen molar-refractivity contribution in [1.82, 2.24) is 4.98 Å². The summed E-state index contributed by atoms with van der Waals surface area (Å²) in [5.74, 6) is 0.753. The normalized spacial score (nSPS) is 11.8. The Kier molecular flexibility index (Phi) is 7.05. The highest BCUT2D eigenvalue weighted by Gasteiger charge is 2.11. The predicted octanol–water partition coefficient (Wildman–Crippen LogP) is 3.35. The van der Waals surface area contributed by atoms with E-state index in [0.29, 0.717) is 21.6 Å². The Bertz CT molecular complexity index is 761. The van der Waals surface area contributed by atoms with Gasteiger partial charge in [0.1, 0.15) is 12.3 Å². The molecule has 5 nitrogen and oxygen atoms in total. The van der Waals surface area contributed by atoms with Crippen molar-refractivity contribution in [3.63, 3.8) is 0 Å². The summed E-state index contributed by atoms with van der Waals surface area (Å²) in [4.78, 5) is 5.51. The number of nitrogens with one attached hydrogen (secondary N) is 2. The number of hydrazone groups is 1. The first-order valence-corrected chi connectivity index (χ1v) is 8.97. The van der Waals surface area contributed by atoms with Gasteiger partial charge in [0, 0.05) is 11.8 Å². The number of phenols is 1. The van der Waals surface area contributed by atoms with E-state index in [1.165, 1.54) is 11.1 Å². The molecule has 0 unspecified atom stereocenters. The van der Waals surface area contributed by atoms with Crippen LogP contribution in [-0.4, -0.2) is 28.9 Å². The van der Waals surface area contributed by atoms with E-state index in [1.54, 1.807) is 12.1 Å². The molecular weight excluding hydrogens is 359 g/mol. The number of quaternary nitrogens is 1. The van der Waals surface area contributed by atoms with Crippen molar-refractivity contribution in [3.8, 4) is 5.75 Å². The second-order valence-corrected chi connectivity index (χ2v) is 6.61. The monoisotopic (exact) mass is 381 g/mol. The smallest absolute Gasteiger partial charge is 0.165 e. The van der Waals surface area contributed by atoms with Crippen LogP contribution in [0.4, 0.5) is 5.82 Å². The first-order chi connectivity index (χ1) is 11.9. The van der Waals surface area contributed by atoms with Gasteiger partial charge in [0.25, 0.3) is 0 Å². The number of pyridine rings is 1. The standard InChI is InChI=1S/C18H22Cl2N4O/c1-4-24(5-2)11-14-8-13(6-7-17(14)25)12(3)22-23-18-16(20)9-15(19)10-21-18/h6-10,25H,4-5,11H2,1-3H3,(H,21,23)/p+1/b22-12+. The highest BCUT2D eigenvalue weighted by atomic mass is 35.5. The largest absolute Gasteiger partial charge is 0.507 e. The van der Waals surface area contributed by atoms with E-state index >= 15 is 0 Å². The second kappa shape index (κ2) is 9.04. The molecule has 0 aliphatic rings. The number of halogens is 2. The molecule has 134 valence electrons. The highest BCUT2D eigenvalue weighted by molar-refractivity contribution is 6.35. The van der Waals surface area contributed by atoms with Crippen LogP contribution in [-0.2, 0) is 6.54 Å². The summed E-state index contributed by atoms with van der Waals surface area (Å²) < 4.78 is 0. The van der Waals surface area contributed by atoms with Crippen LogP contribution in [0.2, 0.25) is 10.0 Å². The maximum absolute atomic E-state index is 10.1. The van der Waals surface area contributed by atoms with Gasteiger partial charge < -0.3 is 10.0 Å². The van der Waals surface area contributed by atoms with Crippen molar-refractivity contribution in [2.75, 3.05) is 18.5 Å². The number of anilines is 1. The fourth-order valence-corrected chi connectivity index (χ4v) is 2.84. The zero-order chi connectivity index (χ0) is 18.4. The lowest BCUT2D eigenvalue weighted by molar-refractivity contribution is -0.910. The molecule has 0 bridgehead atoms. The number of phenolic OH excluding ortho intramolecular Hbond substituents is 1. The van der Waals surface area contributed by atoms with Crippen LogP contribution in [0.1, 0.15) is 31.9 Å². The minimum Gasteiger partial charge on any atom is -0.507 e. The van der Waals surface area contributed by atoms with Gasteiger partial charge in [0.15, 0.2) is 5.82 Å². The van der Waals surface area contributed by atoms with Crippen LogP contribution in [0, 0.1) is 0 Å². The van der Waals surface area contributed by atoms with E-state index in [2.05, 4.69) is 29.4 Å². The average molecular weight is 382 g/mol. The summed E-state index contributed by atoms with van der Waals surface area (Å²) in [6.07, 6.45) is 1.51. The second-order valence-electron chi connectivity index (χ2n) is 5.77. The SMILES string of the molecule is CC[NH+](CC)Cc1cc(/C(C)=N/Nc2ncc(Cl)cc2Cl)ccc1O. The minimum atomic E-state index is 0.311. The first kappa shape index (κ1) is 19.5. The van der Waals surface area contributed by atoms with E-state index in [-0.39, 0.29) is 0 Å². The zero-order valence-electron chi connectivity index (χ0n) is 14.6. The molecule has 0 aliphatic carbocycles. The van der Waals surface area contributed by atoms with Gasteiger partial charge in [-0.25, -0.2) is 4.98 Å². The van der Waals surface area contributed by atoms with Gasteiger partial charge in [-0.1, -0.05) is 23.2 Å². The molecule has 0 saturated carbocycles. The number of hydrogen-bond acceptors (Lipinski definition) is 4. The Morgan fingerprint density at radius 2 is 1.96 bits per heavy atom. The maximum atomic E-state index is 10.1. The molecular formula is C18H23Cl2N4O+. The summed E-state index contributed by atoms with van der Waals surface area (Å²) in [7, 11) is 0. The van der Waals surface area contributed by atoms with Crippen molar-refractivity contribution in [2.24, 2.45) is 5.10 Å². The Balaban J connectivity index is 2.19. The van der Waals surface area contributed by atoms with Gasteiger partial charge in [-0.05, 0) is 50.6 Å². The molecule has 0 aliphatic heterocycles. The number of aromatic hydroxyl groups is 1. The van der Waals surface area contributed by atoms with Crippen LogP contribution < -0.4 is 10.3 Å². The van der Waals surface area contributed by atoms with Gasteiger partial charge >= 0.3 is 0 Å². The Hall–Kier alpha value is -1.82. The molecule has 2 rings (SSSR count). The molecule has 0 atom stereocenters. The van der Waals surface area contributed by atoms with E-state index in [4.69, 9.17) is 23.2 Å². The van der Waals surface area contributed by atoms with Crippen LogP contribution in [0.15, 0.2) is 35.6 Å². The number of hydrogen-bond donors (Lipinski definition) is 3. The number of rotatable bonds is 7. The zero-order valence-corrected chi connectivity index (χ0v) is 16.1. The summed E-state index contributed by atoms with van der Waals surface area (Å²) in [5.41, 5.74) is 5.46. The fraction of sp³-hybridized carbons (Fsp3) is 0.333. The van der Waals surface area contributed by atoms with Crippen molar-refractivity contribution >= 4 is 34.7 Å². The van der Waals surface area contributed by atoms with Crippen LogP contribution in [0.25, 0.3) is 0 Å². The molecule has 3 N–H and O–H groups in total. The molecule has 2 aromatic rings. The topological polar surface area (TPSA) is 62.0 Å². The van der Waals surface area contributed by atoms with E-state index < -0.39 is 0 Å². The maximum Gasteiger partial charge on any atom is 0.165 e. The molecule has 0 fully saturated rings. The van der Waals surface area contributed by atoms with Crippen molar-refractivity contribution in [1.29, 1.82) is 0 Å². The molecule has 0 radical (unpaired) electrons. The molecule has 0 spiro atoms. The predicted molar refractivity (Wildman–Crippen MR) is 104 cm³/mol. The molecule has 25 heavy (non-hydrogen) atoms. The Morgan fingerprint density at radius 3 is 2.60 bits per heavy atom. The van der Waals surface area contributed by atoms with Crippen LogP contribution >= 0.6 is 23.2 Å². The Morgan fingerprint density at radius 1 is 1.24 bits per heavy atom. The highest BCUT2D eigenvalue weighted by Crippen LogP contribution is 2.23. The Labute approximate surface area is 158 Å². The average Bonchev–Trinajstić information content (AvgIpc) is 2.60. The number of benzene rings is 1. The van der Waals surface area contributed by atoms with Crippen LogP contribution in [0.5, 0.6) is 5.75 Å². The van der Waals surface area contributed by atoms with Crippen LogP contribution in [0.3, 0.4) is 0 Å². The van der Waals surface area contributed by atoms with Gasteiger partial charge in [-0.15, -0.1) is 0 Å². The quantitative estimate of drug-likeness (QED) is 0.508. The molecule has 1 aromatic carbocycles. The van der Waals surface area contributed by atoms with Crippen molar-refractivity contribution in [2.45, 2.75) is 27.3 Å². The first-order valence-electron chi connectivity index (χ1n) is 8.21. The molecule has 7 heteroatoms. The lowest BCUT2D eigenvalue weighted by Crippen LogP contribution is -3.10. The van der Waals surface area contributed by atoms with E-state index in [0.717, 1.165) is 36.5 Å². The van der Waals surface area contributed by atoms with Crippen molar-refractivity contribution in [3.05, 3.63) is 51.6 Å². The molecule has 1 aromatic heterocycles. The lowest BCUT2D eigenvalue weighted by atomic mass is 10.1. The summed E-state index contributed by atoms with van der Waals surface area (Å²) in [5, 5.41) is 15.3. The molecule has 0 saturated heterocycles. The lowest BCUT2D eigenvalue weighted by Gasteiger charge is -2.16. The fourth-order valence-electron chi connectivity index (χ4n) is 2.42. The number of nitrogens with zero attached hydrogens (tertiary/aromatic N) is 2. The summed E-state index contributed by atoms with van der Waals surface area (Å²) >= 11 is 11.9. The van der Waals surface area contributed by atoms with Gasteiger partial charge in [-0.2, -0.15) is 5.10 Å². The van der Waals surface area contributed by atoms with E-state index in [9.17, 15) is 5.11 Å². The van der Waals surface area contributed by atoms with Crippen molar-refractivity contribution < 1.29 is 10.0 Å². The van der Waals surface area contributed by atoms with E-state index in [1.807, 2.05) is 19.1 Å². The summed E-state index contributed by atoms with van der Waals surface area (Å²) in [6.45, 7) is 8.96. The third-order valence-electron chi connectivity index (χ3n) is 4.08. The van der Waals surface area contributed by atoms with Gasteiger partial charge in [0.2, 0.25) is 0 Å². The third kappa shape index (κ3) is 5.33. The molecule has 1 heterocycles. The number of aromatic nitrogens is 1. The van der Waals surface area contributed by atoms with Gasteiger partial charge in [0.05, 0.1) is 28.8 Å². The minimum absolute atomic E-state index is 0.311. The third-order valence-corrected chi connectivity index (χ3v) is 4.57. The summed E-state index contributed by atoms with van der Waals surface area (Å²) in [6, 6.07) is 7.13.